The third-order valence-corrected chi connectivity index (χ3v) is 7.58. The van der Waals surface area contributed by atoms with Crippen LogP contribution in [0, 0.1) is 11.3 Å². The highest BCUT2D eigenvalue weighted by Crippen LogP contribution is 2.24. The van der Waals surface area contributed by atoms with E-state index in [4.69, 9.17) is 10.00 Å². The van der Waals surface area contributed by atoms with Gasteiger partial charge in [-0.15, -0.1) is 0 Å². The maximum Gasteiger partial charge on any atom is 0.262 e. The average Bonchev–Trinajstić information content (AvgIpc) is 2.89. The van der Waals surface area contributed by atoms with Crippen molar-refractivity contribution in [1.29, 1.82) is 5.26 Å². The maximum atomic E-state index is 12.7. The first kappa shape index (κ1) is 23.5. The molecule has 0 atom stereocenters. The molecular weight excluding hydrogens is 450 g/mol. The van der Waals surface area contributed by atoms with E-state index in [1.54, 1.807) is 36.4 Å². The number of rotatable bonds is 7. The van der Waals surface area contributed by atoms with Crippen LogP contribution < -0.4 is 10.1 Å². The van der Waals surface area contributed by atoms with Crippen LogP contribution in [0.15, 0.2) is 77.7 Å². The highest BCUT2D eigenvalue weighted by atomic mass is 32.2. The van der Waals surface area contributed by atoms with Crippen molar-refractivity contribution in [1.82, 2.24) is 4.31 Å². The summed E-state index contributed by atoms with van der Waals surface area (Å²) < 4.78 is 32.5. The van der Waals surface area contributed by atoms with Crippen LogP contribution in [0.1, 0.15) is 24.8 Å². The lowest BCUT2D eigenvalue weighted by Crippen LogP contribution is -2.35. The van der Waals surface area contributed by atoms with Crippen molar-refractivity contribution in [2.45, 2.75) is 24.2 Å². The number of amides is 1. The Kier molecular flexibility index (Phi) is 7.26. The molecule has 1 heterocycles. The zero-order valence-corrected chi connectivity index (χ0v) is 19.4. The molecule has 4 rings (SSSR count). The summed E-state index contributed by atoms with van der Waals surface area (Å²) in [6, 6.07) is 22.9. The van der Waals surface area contributed by atoms with E-state index in [1.165, 1.54) is 16.4 Å². The number of nitrogens with one attached hydrogen (secondary N) is 1. The van der Waals surface area contributed by atoms with Crippen molar-refractivity contribution in [2.24, 2.45) is 0 Å². The molecule has 0 unspecified atom stereocenters. The molecule has 7 nitrogen and oxygen atoms in total. The third-order valence-electron chi connectivity index (χ3n) is 5.66. The lowest BCUT2D eigenvalue weighted by atomic mass is 10.0. The van der Waals surface area contributed by atoms with E-state index in [2.05, 4.69) is 11.4 Å². The van der Waals surface area contributed by atoms with Crippen molar-refractivity contribution in [3.63, 3.8) is 0 Å². The van der Waals surface area contributed by atoms with Crippen LogP contribution in [0.25, 0.3) is 11.1 Å². The number of piperidine rings is 1. The highest BCUT2D eigenvalue weighted by Gasteiger charge is 2.25. The Bertz CT molecular complexity index is 1270. The smallest absolute Gasteiger partial charge is 0.262 e. The van der Waals surface area contributed by atoms with E-state index >= 15 is 0 Å². The third kappa shape index (κ3) is 5.63. The number of sulfonamides is 1. The van der Waals surface area contributed by atoms with E-state index in [0.29, 0.717) is 30.1 Å². The van der Waals surface area contributed by atoms with Crippen LogP contribution >= 0.6 is 0 Å². The van der Waals surface area contributed by atoms with Gasteiger partial charge in [0.1, 0.15) is 5.75 Å². The van der Waals surface area contributed by atoms with Crippen molar-refractivity contribution in [2.75, 3.05) is 25.0 Å². The summed E-state index contributed by atoms with van der Waals surface area (Å²) in [6.45, 7) is 0.920. The van der Waals surface area contributed by atoms with Crippen molar-refractivity contribution < 1.29 is 17.9 Å². The minimum Gasteiger partial charge on any atom is -0.484 e. The molecule has 0 aromatic heterocycles. The quantitative estimate of drug-likeness (QED) is 0.545. The van der Waals surface area contributed by atoms with Gasteiger partial charge in [-0.2, -0.15) is 9.57 Å². The number of ether oxygens (including phenoxy) is 1. The zero-order chi connectivity index (χ0) is 24.0. The van der Waals surface area contributed by atoms with Gasteiger partial charge in [-0.1, -0.05) is 30.7 Å². The van der Waals surface area contributed by atoms with Crippen molar-refractivity contribution in [3.05, 3.63) is 78.4 Å². The molecule has 1 aliphatic rings. The zero-order valence-electron chi connectivity index (χ0n) is 18.6. The first-order valence-corrected chi connectivity index (χ1v) is 12.5. The average molecular weight is 476 g/mol. The van der Waals surface area contributed by atoms with E-state index < -0.39 is 10.0 Å². The molecule has 1 saturated heterocycles. The number of nitriles is 1. The second-order valence-corrected chi connectivity index (χ2v) is 9.98. The molecular formula is C26H25N3O4S. The Morgan fingerprint density at radius 3 is 2.06 bits per heavy atom. The number of hydrogen-bond acceptors (Lipinski definition) is 5. The van der Waals surface area contributed by atoms with Crippen LogP contribution in [0.3, 0.4) is 0 Å². The standard InChI is InChI=1S/C26H25N3O4S/c27-18-20-4-6-21(7-5-20)22-8-12-24(13-9-22)33-19-26(30)28-23-10-14-25(15-11-23)34(31,32)29-16-2-1-3-17-29/h4-15H,1-3,16-17,19H2,(H,28,30). The summed E-state index contributed by atoms with van der Waals surface area (Å²) in [5.41, 5.74) is 3.06. The van der Waals surface area contributed by atoms with Crippen LogP contribution in [-0.2, 0) is 14.8 Å². The maximum absolute atomic E-state index is 12.7. The molecule has 3 aromatic carbocycles. The van der Waals surface area contributed by atoms with Gasteiger partial charge in [0.2, 0.25) is 10.0 Å². The first-order chi connectivity index (χ1) is 16.5. The minimum absolute atomic E-state index is 0.177. The fourth-order valence-electron chi connectivity index (χ4n) is 3.79. The van der Waals surface area contributed by atoms with E-state index in [9.17, 15) is 13.2 Å². The lowest BCUT2D eigenvalue weighted by molar-refractivity contribution is -0.118. The Balaban J connectivity index is 1.30. The summed E-state index contributed by atoms with van der Waals surface area (Å²) in [4.78, 5) is 12.5. The Labute approximate surface area is 199 Å². The molecule has 0 aliphatic carbocycles. The van der Waals surface area contributed by atoms with Crippen LogP contribution in [0.5, 0.6) is 5.75 Å². The Hall–Kier alpha value is -3.67. The molecule has 1 N–H and O–H groups in total. The van der Waals surface area contributed by atoms with Gasteiger partial charge in [-0.05, 0) is 72.5 Å². The van der Waals surface area contributed by atoms with Crippen LogP contribution in [-0.4, -0.2) is 38.3 Å². The molecule has 0 saturated carbocycles. The summed E-state index contributed by atoms with van der Waals surface area (Å²) >= 11 is 0. The lowest BCUT2D eigenvalue weighted by Gasteiger charge is -2.25. The summed E-state index contributed by atoms with van der Waals surface area (Å²) in [5, 5.41) is 11.6. The van der Waals surface area contributed by atoms with Gasteiger partial charge in [0.15, 0.2) is 6.61 Å². The van der Waals surface area contributed by atoms with Gasteiger partial charge in [0.05, 0.1) is 16.5 Å². The highest BCUT2D eigenvalue weighted by molar-refractivity contribution is 7.89. The van der Waals surface area contributed by atoms with Crippen molar-refractivity contribution >= 4 is 21.6 Å². The number of anilines is 1. The number of carbonyl (C=O) groups excluding carboxylic acids is 1. The monoisotopic (exact) mass is 475 g/mol. The molecule has 1 fully saturated rings. The second kappa shape index (κ2) is 10.5. The first-order valence-electron chi connectivity index (χ1n) is 11.1. The molecule has 0 spiro atoms. The molecule has 3 aromatic rings. The van der Waals surface area contributed by atoms with Crippen LogP contribution in [0.4, 0.5) is 5.69 Å². The molecule has 0 radical (unpaired) electrons. The van der Waals surface area contributed by atoms with Gasteiger partial charge in [0.25, 0.3) is 5.91 Å². The predicted octanol–water partition coefficient (Wildman–Crippen LogP) is 4.42. The number of hydrogen-bond donors (Lipinski definition) is 1. The summed E-state index contributed by atoms with van der Waals surface area (Å²) in [7, 11) is -3.50. The Morgan fingerprint density at radius 2 is 1.47 bits per heavy atom. The number of carbonyl (C=O) groups is 1. The SMILES string of the molecule is N#Cc1ccc(-c2ccc(OCC(=O)Nc3ccc(S(=O)(=O)N4CCCCC4)cc3)cc2)cc1. The normalized spacial score (nSPS) is 14.2. The molecule has 0 bridgehead atoms. The van der Waals surface area contributed by atoms with Gasteiger partial charge >= 0.3 is 0 Å². The van der Waals surface area contributed by atoms with Gasteiger partial charge < -0.3 is 10.1 Å². The van der Waals surface area contributed by atoms with E-state index in [1.807, 2.05) is 24.3 Å². The number of benzene rings is 3. The summed E-state index contributed by atoms with van der Waals surface area (Å²) in [6.07, 6.45) is 2.82. The predicted molar refractivity (Wildman–Crippen MR) is 130 cm³/mol. The largest absolute Gasteiger partial charge is 0.484 e. The van der Waals surface area contributed by atoms with E-state index in [0.717, 1.165) is 30.4 Å². The topological polar surface area (TPSA) is 99.5 Å². The molecule has 174 valence electrons. The fraction of sp³-hybridized carbons (Fsp3) is 0.231. The van der Waals surface area contributed by atoms with Gasteiger partial charge in [0, 0.05) is 18.8 Å². The molecule has 1 amide bonds. The van der Waals surface area contributed by atoms with Gasteiger partial charge in [-0.25, -0.2) is 8.42 Å². The van der Waals surface area contributed by atoms with Crippen molar-refractivity contribution in [3.8, 4) is 22.9 Å². The van der Waals surface area contributed by atoms with Crippen LogP contribution in [0.2, 0.25) is 0 Å². The summed E-state index contributed by atoms with van der Waals surface area (Å²) in [5.74, 6) is 0.207. The fourth-order valence-corrected chi connectivity index (χ4v) is 5.31. The molecule has 8 heteroatoms. The minimum atomic E-state index is -3.50. The van der Waals surface area contributed by atoms with E-state index in [-0.39, 0.29) is 17.4 Å². The molecule has 1 aliphatic heterocycles. The number of nitrogens with zero attached hydrogens (tertiary/aromatic N) is 2. The van der Waals surface area contributed by atoms with Gasteiger partial charge in [-0.3, -0.25) is 4.79 Å². The Morgan fingerprint density at radius 1 is 0.882 bits per heavy atom. The second-order valence-electron chi connectivity index (χ2n) is 8.04. The molecule has 34 heavy (non-hydrogen) atoms.